The predicted octanol–water partition coefficient (Wildman–Crippen LogP) is 4.63. The van der Waals surface area contributed by atoms with Gasteiger partial charge in [-0.15, -0.1) is 0 Å². The lowest BCUT2D eigenvalue weighted by Crippen LogP contribution is -2.54. The number of hydrogen-bond acceptors (Lipinski definition) is 3. The summed E-state index contributed by atoms with van der Waals surface area (Å²) in [5, 5.41) is 2.67. The molecule has 1 aliphatic heterocycles. The first-order valence-electron chi connectivity index (χ1n) is 10.3. The van der Waals surface area contributed by atoms with E-state index in [1.807, 2.05) is 48.7 Å². The number of carbonyl (C=O) groups is 2. The van der Waals surface area contributed by atoms with Gasteiger partial charge in [-0.05, 0) is 92.2 Å². The van der Waals surface area contributed by atoms with Gasteiger partial charge in [-0.2, -0.15) is 0 Å². The summed E-state index contributed by atoms with van der Waals surface area (Å²) in [5.41, 5.74) is 4.97. The first-order chi connectivity index (χ1) is 15.3. The maximum atomic E-state index is 13.3. The van der Waals surface area contributed by atoms with Crippen LogP contribution in [0.1, 0.15) is 29.4 Å². The Morgan fingerprint density at radius 1 is 1.00 bits per heavy atom. The number of thiocarbonyl (C=S) groups is 1. The number of aryl methyl sites for hydroxylation is 2. The predicted molar refractivity (Wildman–Crippen MR) is 127 cm³/mol. The lowest BCUT2D eigenvalue weighted by molar-refractivity contribution is -0.122. The van der Waals surface area contributed by atoms with Crippen LogP contribution < -0.4 is 10.2 Å². The van der Waals surface area contributed by atoms with Gasteiger partial charge in [0.05, 0.1) is 5.69 Å². The molecule has 3 aromatic rings. The smallest absolute Gasteiger partial charge is 0.270 e. The molecule has 1 saturated heterocycles. The number of carbonyl (C=O) groups excluding carboxylic acids is 2. The van der Waals surface area contributed by atoms with E-state index in [-0.39, 0.29) is 16.5 Å². The van der Waals surface area contributed by atoms with Crippen LogP contribution in [0.3, 0.4) is 0 Å². The van der Waals surface area contributed by atoms with E-state index in [4.69, 9.17) is 12.2 Å². The molecule has 0 saturated carbocycles. The standard InChI is InChI=1S/C25H22FN3O2S/c1-4-17-5-9-21(10-6-17)29-24(31)22(23(30)27-25(29)32)14-18-13-15(2)28(16(18)3)20-11-7-19(26)8-12-20/h5-14H,4H2,1-3H3,(H,27,30,32)/b22-14-. The second kappa shape index (κ2) is 8.51. The summed E-state index contributed by atoms with van der Waals surface area (Å²) >= 11 is 5.28. The van der Waals surface area contributed by atoms with Crippen LogP contribution in [0.4, 0.5) is 10.1 Å². The van der Waals surface area contributed by atoms with E-state index in [1.165, 1.54) is 17.0 Å². The van der Waals surface area contributed by atoms with Crippen molar-refractivity contribution in [2.75, 3.05) is 4.90 Å². The van der Waals surface area contributed by atoms with Gasteiger partial charge in [0.2, 0.25) is 0 Å². The van der Waals surface area contributed by atoms with E-state index in [1.54, 1.807) is 18.2 Å². The average molecular weight is 448 g/mol. The molecule has 5 nitrogen and oxygen atoms in total. The number of nitrogens with one attached hydrogen (secondary N) is 1. The summed E-state index contributed by atoms with van der Waals surface area (Å²) in [4.78, 5) is 27.3. The molecule has 0 atom stereocenters. The minimum atomic E-state index is -0.534. The van der Waals surface area contributed by atoms with Crippen molar-refractivity contribution in [2.45, 2.75) is 27.2 Å². The van der Waals surface area contributed by atoms with Gasteiger partial charge in [-0.3, -0.25) is 19.8 Å². The lowest BCUT2D eigenvalue weighted by atomic mass is 10.1. The maximum absolute atomic E-state index is 13.3. The molecule has 2 heterocycles. The highest BCUT2D eigenvalue weighted by Crippen LogP contribution is 2.26. The molecule has 4 rings (SSSR count). The first-order valence-corrected chi connectivity index (χ1v) is 10.7. The van der Waals surface area contributed by atoms with Crippen LogP contribution in [-0.4, -0.2) is 21.5 Å². The number of rotatable bonds is 4. The molecular formula is C25H22FN3O2S. The van der Waals surface area contributed by atoms with Crippen LogP contribution in [0, 0.1) is 19.7 Å². The highest BCUT2D eigenvalue weighted by molar-refractivity contribution is 7.80. The van der Waals surface area contributed by atoms with Crippen molar-refractivity contribution in [2.24, 2.45) is 0 Å². The summed E-state index contributed by atoms with van der Waals surface area (Å²) in [6.07, 6.45) is 2.46. The molecule has 7 heteroatoms. The van der Waals surface area contributed by atoms with Gasteiger partial charge < -0.3 is 4.57 Å². The van der Waals surface area contributed by atoms with Crippen molar-refractivity contribution < 1.29 is 14.0 Å². The fraction of sp³-hybridized carbons (Fsp3) is 0.160. The van der Waals surface area contributed by atoms with Gasteiger partial charge in [0.15, 0.2) is 5.11 Å². The Bertz CT molecular complexity index is 1260. The summed E-state index contributed by atoms with van der Waals surface area (Å²) in [5.74, 6) is -1.33. The summed E-state index contributed by atoms with van der Waals surface area (Å²) in [7, 11) is 0. The highest BCUT2D eigenvalue weighted by atomic mass is 32.1. The molecule has 0 radical (unpaired) electrons. The first kappa shape index (κ1) is 21.6. The van der Waals surface area contributed by atoms with Crippen molar-refractivity contribution >= 4 is 40.9 Å². The van der Waals surface area contributed by atoms with Gasteiger partial charge in [0.1, 0.15) is 11.4 Å². The molecule has 1 N–H and O–H groups in total. The Labute approximate surface area is 191 Å². The third kappa shape index (κ3) is 3.87. The number of aromatic nitrogens is 1. The monoisotopic (exact) mass is 447 g/mol. The third-order valence-electron chi connectivity index (χ3n) is 5.56. The molecule has 2 amide bonds. The molecule has 0 bridgehead atoms. The third-order valence-corrected chi connectivity index (χ3v) is 5.84. The van der Waals surface area contributed by atoms with Crippen LogP contribution in [0.15, 0.2) is 60.2 Å². The minimum Gasteiger partial charge on any atom is -0.318 e. The van der Waals surface area contributed by atoms with E-state index >= 15 is 0 Å². The van der Waals surface area contributed by atoms with Crippen LogP contribution >= 0.6 is 12.2 Å². The van der Waals surface area contributed by atoms with Crippen molar-refractivity contribution in [1.82, 2.24) is 9.88 Å². The van der Waals surface area contributed by atoms with E-state index in [0.29, 0.717) is 5.69 Å². The lowest BCUT2D eigenvalue weighted by Gasteiger charge is -2.29. The minimum absolute atomic E-state index is 0.00229. The molecule has 0 unspecified atom stereocenters. The molecule has 162 valence electrons. The number of halogens is 1. The van der Waals surface area contributed by atoms with Crippen LogP contribution in [-0.2, 0) is 16.0 Å². The zero-order valence-corrected chi connectivity index (χ0v) is 18.8. The van der Waals surface area contributed by atoms with Crippen molar-refractivity contribution in [1.29, 1.82) is 0 Å². The van der Waals surface area contributed by atoms with Crippen molar-refractivity contribution in [3.63, 3.8) is 0 Å². The second-order valence-electron chi connectivity index (χ2n) is 7.62. The Balaban J connectivity index is 1.73. The van der Waals surface area contributed by atoms with Gasteiger partial charge in [0, 0.05) is 17.1 Å². The molecule has 32 heavy (non-hydrogen) atoms. The topological polar surface area (TPSA) is 54.3 Å². The molecular weight excluding hydrogens is 425 g/mol. The van der Waals surface area contributed by atoms with E-state index in [0.717, 1.165) is 34.6 Å². The van der Waals surface area contributed by atoms with Gasteiger partial charge in [0.25, 0.3) is 11.8 Å². The molecule has 2 aromatic carbocycles. The summed E-state index contributed by atoms with van der Waals surface area (Å²) < 4.78 is 15.3. The molecule has 0 spiro atoms. The number of amides is 2. The molecule has 1 fully saturated rings. The normalized spacial score (nSPS) is 15.4. The van der Waals surface area contributed by atoms with Crippen molar-refractivity contribution in [3.05, 3.63) is 88.5 Å². The molecule has 0 aliphatic carbocycles. The Hall–Kier alpha value is -3.58. The SMILES string of the molecule is CCc1ccc(N2C(=O)/C(=C\c3cc(C)n(-c4ccc(F)cc4)c3C)C(=O)NC2=S)cc1. The number of hydrogen-bond donors (Lipinski definition) is 1. The van der Waals surface area contributed by atoms with E-state index in [9.17, 15) is 14.0 Å². The van der Waals surface area contributed by atoms with Crippen molar-refractivity contribution in [3.8, 4) is 5.69 Å². The Kier molecular flexibility index (Phi) is 5.76. The fourth-order valence-corrected chi connectivity index (χ4v) is 4.13. The Morgan fingerprint density at radius 2 is 1.62 bits per heavy atom. The van der Waals surface area contributed by atoms with E-state index in [2.05, 4.69) is 12.2 Å². The Morgan fingerprint density at radius 3 is 2.25 bits per heavy atom. The second-order valence-corrected chi connectivity index (χ2v) is 8.00. The number of benzene rings is 2. The largest absolute Gasteiger partial charge is 0.318 e. The van der Waals surface area contributed by atoms with Crippen LogP contribution in [0.25, 0.3) is 11.8 Å². The summed E-state index contributed by atoms with van der Waals surface area (Å²) in [6.45, 7) is 5.85. The molecule has 1 aliphatic rings. The van der Waals surface area contributed by atoms with Gasteiger partial charge in [-0.25, -0.2) is 4.39 Å². The molecule has 1 aromatic heterocycles. The quantitative estimate of drug-likeness (QED) is 0.361. The van der Waals surface area contributed by atoms with Gasteiger partial charge >= 0.3 is 0 Å². The van der Waals surface area contributed by atoms with Crippen LogP contribution in [0.5, 0.6) is 0 Å². The highest BCUT2D eigenvalue weighted by Gasteiger charge is 2.34. The average Bonchev–Trinajstić information content (AvgIpc) is 3.05. The number of anilines is 1. The number of nitrogens with zero attached hydrogens (tertiary/aromatic N) is 2. The van der Waals surface area contributed by atoms with E-state index < -0.39 is 11.8 Å². The van der Waals surface area contributed by atoms with Crippen LogP contribution in [0.2, 0.25) is 0 Å². The van der Waals surface area contributed by atoms with Gasteiger partial charge in [-0.1, -0.05) is 19.1 Å². The zero-order valence-electron chi connectivity index (χ0n) is 18.0. The maximum Gasteiger partial charge on any atom is 0.270 e. The fourth-order valence-electron chi connectivity index (χ4n) is 3.85. The zero-order chi connectivity index (χ0) is 23.0. The summed E-state index contributed by atoms with van der Waals surface area (Å²) in [6, 6.07) is 15.6.